The number of benzene rings is 1. The number of ketones is 1. The Bertz CT molecular complexity index is 895. The predicted molar refractivity (Wildman–Crippen MR) is 105 cm³/mol. The van der Waals surface area contributed by atoms with Crippen LogP contribution in [0.2, 0.25) is 0 Å². The molecule has 0 aliphatic carbocycles. The van der Waals surface area contributed by atoms with Crippen molar-refractivity contribution >= 4 is 16.7 Å². The summed E-state index contributed by atoms with van der Waals surface area (Å²) in [4.78, 5) is 18.8. The number of aliphatic hydroxyl groups excluding tert-OH is 1. The number of hydrogen-bond acceptors (Lipinski definition) is 5. The number of piperidine rings is 3. The van der Waals surface area contributed by atoms with E-state index in [1.807, 2.05) is 18.2 Å². The average molecular weight is 366 g/mol. The summed E-state index contributed by atoms with van der Waals surface area (Å²) >= 11 is 0. The zero-order chi connectivity index (χ0) is 19.1. The lowest BCUT2D eigenvalue weighted by Crippen LogP contribution is -2.54. The molecule has 0 saturated carbocycles. The third-order valence-corrected chi connectivity index (χ3v) is 6.25. The summed E-state index contributed by atoms with van der Waals surface area (Å²) < 4.78 is 5.36. The topological polar surface area (TPSA) is 62.7 Å². The van der Waals surface area contributed by atoms with Crippen LogP contribution in [-0.2, 0) is 0 Å². The highest BCUT2D eigenvalue weighted by Gasteiger charge is 2.42. The number of nitrogens with zero attached hydrogens (tertiary/aromatic N) is 2. The highest BCUT2D eigenvalue weighted by Crippen LogP contribution is 2.42. The molecule has 2 bridgehead atoms. The molecule has 2 unspecified atom stereocenters. The van der Waals surface area contributed by atoms with E-state index >= 15 is 0 Å². The van der Waals surface area contributed by atoms with Gasteiger partial charge < -0.3 is 9.84 Å². The molecule has 3 saturated heterocycles. The molecule has 3 fully saturated rings. The van der Waals surface area contributed by atoms with Crippen molar-refractivity contribution in [3.8, 4) is 5.75 Å². The van der Waals surface area contributed by atoms with Crippen molar-refractivity contribution in [1.82, 2.24) is 9.88 Å². The molecular weight excluding hydrogens is 340 g/mol. The van der Waals surface area contributed by atoms with Crippen molar-refractivity contribution in [2.75, 3.05) is 20.2 Å². The number of carbonyl (C=O) groups is 1. The Morgan fingerprint density at radius 2 is 2.26 bits per heavy atom. The molecular formula is C22H26N2O3. The summed E-state index contributed by atoms with van der Waals surface area (Å²) in [6.07, 6.45) is 3.49. The van der Waals surface area contributed by atoms with E-state index in [0.717, 1.165) is 36.9 Å². The Morgan fingerprint density at radius 3 is 2.89 bits per heavy atom. The van der Waals surface area contributed by atoms with Crippen molar-refractivity contribution in [2.24, 2.45) is 11.8 Å². The third kappa shape index (κ3) is 3.15. The number of fused-ring (bicyclic) bond motifs is 4. The molecule has 5 heteroatoms. The van der Waals surface area contributed by atoms with Gasteiger partial charge in [0.1, 0.15) is 11.4 Å². The summed E-state index contributed by atoms with van der Waals surface area (Å²) in [5.74, 6) is 1.69. The molecule has 0 spiro atoms. The molecule has 1 aromatic carbocycles. The third-order valence-electron chi connectivity index (χ3n) is 6.25. The second-order valence-electron chi connectivity index (χ2n) is 7.73. The number of hydrogen-bond donors (Lipinski definition) is 1. The Kier molecular flexibility index (Phi) is 4.74. The summed E-state index contributed by atoms with van der Waals surface area (Å²) in [5, 5.41) is 12.2. The first-order valence-electron chi connectivity index (χ1n) is 9.56. The van der Waals surface area contributed by atoms with E-state index in [2.05, 4.69) is 22.5 Å². The largest absolute Gasteiger partial charge is 0.497 e. The lowest BCUT2D eigenvalue weighted by Gasteiger charge is -2.50. The fraction of sp³-hybridized carbons (Fsp3) is 0.455. The number of methoxy groups -OCH3 is 1. The summed E-state index contributed by atoms with van der Waals surface area (Å²) in [6, 6.07) is 7.38. The fourth-order valence-electron chi connectivity index (χ4n) is 4.70. The Labute approximate surface area is 159 Å². The van der Waals surface area contributed by atoms with Gasteiger partial charge in [-0.3, -0.25) is 9.69 Å². The molecule has 142 valence electrons. The number of aromatic nitrogens is 1. The van der Waals surface area contributed by atoms with Gasteiger partial charge in [-0.1, -0.05) is 6.08 Å². The highest BCUT2D eigenvalue weighted by molar-refractivity contribution is 5.96. The minimum Gasteiger partial charge on any atom is -0.497 e. The van der Waals surface area contributed by atoms with E-state index in [1.54, 1.807) is 13.2 Å². The van der Waals surface area contributed by atoms with Gasteiger partial charge >= 0.3 is 0 Å². The molecule has 5 rings (SSSR count). The maximum absolute atomic E-state index is 12.0. The second-order valence-corrected chi connectivity index (χ2v) is 7.73. The maximum Gasteiger partial charge on any atom is 0.178 e. The average Bonchev–Trinajstić information content (AvgIpc) is 2.71. The van der Waals surface area contributed by atoms with Crippen LogP contribution in [0.25, 0.3) is 10.9 Å². The first kappa shape index (κ1) is 18.1. The number of carbonyl (C=O) groups excluding carboxylic acids is 1. The van der Waals surface area contributed by atoms with Gasteiger partial charge in [-0.2, -0.15) is 0 Å². The van der Waals surface area contributed by atoms with Crippen LogP contribution in [0.1, 0.15) is 41.9 Å². The van der Waals surface area contributed by atoms with Gasteiger partial charge in [-0.05, 0) is 61.1 Å². The molecule has 3 aliphatic rings. The number of pyridine rings is 1. The van der Waals surface area contributed by atoms with Gasteiger partial charge in [0, 0.05) is 24.9 Å². The molecule has 1 N–H and O–H groups in total. The molecule has 4 heterocycles. The second kappa shape index (κ2) is 7.06. The maximum atomic E-state index is 12.0. The Hall–Kier alpha value is -2.24. The van der Waals surface area contributed by atoms with Crippen LogP contribution in [-0.4, -0.2) is 47.0 Å². The van der Waals surface area contributed by atoms with Crippen LogP contribution < -0.4 is 4.74 Å². The van der Waals surface area contributed by atoms with Crippen LogP contribution in [0.3, 0.4) is 0 Å². The standard InChI is InChI=1S/C22H26N2O3/c1-4-14-12-24-8-7-15(14)9-21(24)22(26)18-11-20(13(2)25)23-19-6-5-16(27-3)10-17(18)19/h4-6,10-11,14-15,21-22,26H,1,7-9,12H2,2-3H3/t14-,15?,21-,22+/m0/s1. The van der Waals surface area contributed by atoms with Gasteiger partial charge in [0.15, 0.2) is 5.78 Å². The first-order valence-corrected chi connectivity index (χ1v) is 9.56. The molecule has 0 amide bonds. The van der Waals surface area contributed by atoms with Crippen LogP contribution in [0.4, 0.5) is 0 Å². The normalized spacial score (nSPS) is 28.1. The van der Waals surface area contributed by atoms with Gasteiger partial charge in [0.05, 0.1) is 18.7 Å². The van der Waals surface area contributed by atoms with E-state index in [9.17, 15) is 9.90 Å². The van der Waals surface area contributed by atoms with Gasteiger partial charge in [0.25, 0.3) is 0 Å². The van der Waals surface area contributed by atoms with Crippen LogP contribution in [0.5, 0.6) is 5.75 Å². The van der Waals surface area contributed by atoms with E-state index in [0.29, 0.717) is 28.8 Å². The summed E-state index contributed by atoms with van der Waals surface area (Å²) in [6.45, 7) is 7.43. The van der Waals surface area contributed by atoms with Crippen LogP contribution in [0.15, 0.2) is 36.9 Å². The van der Waals surface area contributed by atoms with Crippen molar-refractivity contribution < 1.29 is 14.6 Å². The number of Topliss-reactive ketones (excluding diaryl/α,β-unsaturated/α-hetero) is 1. The zero-order valence-corrected chi connectivity index (χ0v) is 15.9. The van der Waals surface area contributed by atoms with Crippen LogP contribution in [0, 0.1) is 11.8 Å². The van der Waals surface area contributed by atoms with E-state index in [-0.39, 0.29) is 11.8 Å². The molecule has 2 aromatic rings. The fourth-order valence-corrected chi connectivity index (χ4v) is 4.70. The van der Waals surface area contributed by atoms with Crippen molar-refractivity contribution in [1.29, 1.82) is 0 Å². The lowest BCUT2D eigenvalue weighted by molar-refractivity contribution is -0.0445. The van der Waals surface area contributed by atoms with Gasteiger partial charge in [-0.25, -0.2) is 4.98 Å². The minimum absolute atomic E-state index is 0.0524. The zero-order valence-electron chi connectivity index (χ0n) is 15.9. The Balaban J connectivity index is 1.77. The summed E-state index contributed by atoms with van der Waals surface area (Å²) in [7, 11) is 1.62. The molecule has 5 nitrogen and oxygen atoms in total. The number of rotatable bonds is 5. The monoisotopic (exact) mass is 366 g/mol. The van der Waals surface area contributed by atoms with E-state index in [4.69, 9.17) is 4.74 Å². The molecule has 0 radical (unpaired) electrons. The van der Waals surface area contributed by atoms with E-state index < -0.39 is 6.10 Å². The smallest absolute Gasteiger partial charge is 0.178 e. The van der Waals surface area contributed by atoms with Gasteiger partial charge in [0.2, 0.25) is 0 Å². The minimum atomic E-state index is -0.672. The SMILES string of the molecule is C=C[C@H]1CN2CCC1C[C@H]2[C@H](O)c1cc(C(C)=O)nc2ccc(OC)cc12. The highest BCUT2D eigenvalue weighted by atomic mass is 16.5. The molecule has 3 aliphatic heterocycles. The Morgan fingerprint density at radius 1 is 1.44 bits per heavy atom. The van der Waals surface area contributed by atoms with Crippen molar-refractivity contribution in [3.63, 3.8) is 0 Å². The lowest BCUT2D eigenvalue weighted by atomic mass is 9.73. The van der Waals surface area contributed by atoms with E-state index in [1.165, 1.54) is 6.92 Å². The molecule has 27 heavy (non-hydrogen) atoms. The van der Waals surface area contributed by atoms with Gasteiger partial charge in [-0.15, -0.1) is 6.58 Å². The quantitative estimate of drug-likeness (QED) is 0.649. The number of aliphatic hydroxyl groups is 1. The van der Waals surface area contributed by atoms with Crippen molar-refractivity contribution in [3.05, 3.63) is 48.2 Å². The molecule has 1 aromatic heterocycles. The predicted octanol–water partition coefficient (Wildman–Crippen LogP) is 3.38. The number of ether oxygens (including phenoxy) is 1. The van der Waals surface area contributed by atoms with Crippen LogP contribution >= 0.6 is 0 Å². The summed E-state index contributed by atoms with van der Waals surface area (Å²) in [5.41, 5.74) is 1.86. The molecule has 5 atom stereocenters. The first-order chi connectivity index (χ1) is 13.0. The van der Waals surface area contributed by atoms with Crippen molar-refractivity contribution in [2.45, 2.75) is 31.9 Å².